The molecule has 0 bridgehead atoms. The molecule has 0 aliphatic carbocycles. The molecular formula is C26H26F2N4O4. The van der Waals surface area contributed by atoms with Crippen molar-refractivity contribution in [2.75, 3.05) is 19.6 Å². The van der Waals surface area contributed by atoms with E-state index in [1.165, 1.54) is 23.1 Å². The molecule has 0 radical (unpaired) electrons. The summed E-state index contributed by atoms with van der Waals surface area (Å²) in [7, 11) is 0. The molecule has 8 nitrogen and oxygen atoms in total. The number of urea groups is 1. The van der Waals surface area contributed by atoms with Crippen molar-refractivity contribution in [3.8, 4) is 11.5 Å². The Hall–Kier alpha value is -3.92. The second kappa shape index (κ2) is 8.94. The highest BCUT2D eigenvalue weighted by atomic mass is 19.3. The first kappa shape index (κ1) is 23.8. The zero-order valence-corrected chi connectivity index (χ0v) is 19.6. The van der Waals surface area contributed by atoms with Gasteiger partial charge in [0, 0.05) is 42.7 Å². The standard InChI is InChI=1S/C26H26F2N4O4/c1-3-9-29-10-11-31-23(34)26(2)14-19-18-13-17(36-24(27)28)7-8-20(18)30-21(19)22(32(26)25(31)35)15-5-4-6-16(33)12-15/h3-8,12-13,22,24,29-30,33H,1,9-11,14H2,2H3/t22-,26+/m1/s1. The number of amides is 3. The molecule has 0 spiro atoms. The number of rotatable bonds is 8. The van der Waals surface area contributed by atoms with Crippen LogP contribution in [0.15, 0.2) is 55.1 Å². The number of halogens is 2. The average Bonchev–Trinajstić information content (AvgIpc) is 3.27. The summed E-state index contributed by atoms with van der Waals surface area (Å²) in [5.74, 6) is -0.309. The van der Waals surface area contributed by atoms with Gasteiger partial charge in [0.05, 0.1) is 0 Å². The van der Waals surface area contributed by atoms with Crippen LogP contribution in [0.2, 0.25) is 0 Å². The monoisotopic (exact) mass is 496 g/mol. The van der Waals surface area contributed by atoms with Crippen LogP contribution in [0.1, 0.15) is 29.8 Å². The maximum Gasteiger partial charge on any atom is 0.387 e. The number of aromatic amines is 1. The number of fused-ring (bicyclic) bond motifs is 4. The topological polar surface area (TPSA) is 97.9 Å². The predicted molar refractivity (Wildman–Crippen MR) is 129 cm³/mol. The van der Waals surface area contributed by atoms with Gasteiger partial charge in [0.1, 0.15) is 23.1 Å². The van der Waals surface area contributed by atoms with E-state index in [1.54, 1.807) is 42.2 Å². The number of phenols is 1. The molecule has 36 heavy (non-hydrogen) atoms. The molecule has 2 aromatic carbocycles. The molecule has 0 unspecified atom stereocenters. The summed E-state index contributed by atoms with van der Waals surface area (Å²) in [5.41, 5.74) is 1.47. The second-order valence-corrected chi connectivity index (χ2v) is 9.15. The average molecular weight is 497 g/mol. The zero-order chi connectivity index (χ0) is 25.6. The number of nitrogens with zero attached hydrogens (tertiary/aromatic N) is 2. The molecule has 2 atom stereocenters. The van der Waals surface area contributed by atoms with Crippen LogP contribution in [-0.4, -0.2) is 63.6 Å². The van der Waals surface area contributed by atoms with Crippen molar-refractivity contribution in [3.63, 3.8) is 0 Å². The Morgan fingerprint density at radius 1 is 1.31 bits per heavy atom. The highest BCUT2D eigenvalue weighted by Gasteiger charge is 2.60. The molecule has 188 valence electrons. The number of benzene rings is 2. The summed E-state index contributed by atoms with van der Waals surface area (Å²) in [6.45, 7) is 3.55. The summed E-state index contributed by atoms with van der Waals surface area (Å²) in [5, 5.41) is 13.9. The van der Waals surface area contributed by atoms with Crippen molar-refractivity contribution in [2.45, 2.75) is 31.5 Å². The number of phenolic OH excluding ortho intramolecular Hbond substituents is 1. The molecule has 2 aliphatic rings. The first-order chi connectivity index (χ1) is 17.2. The number of aromatic hydroxyl groups is 1. The number of hydrogen-bond acceptors (Lipinski definition) is 5. The van der Waals surface area contributed by atoms with E-state index in [-0.39, 0.29) is 30.4 Å². The molecule has 1 aromatic heterocycles. The number of alkyl halides is 2. The van der Waals surface area contributed by atoms with E-state index in [0.717, 1.165) is 5.56 Å². The van der Waals surface area contributed by atoms with E-state index in [1.807, 2.05) is 0 Å². The number of hydrogen-bond donors (Lipinski definition) is 3. The van der Waals surface area contributed by atoms with E-state index < -0.39 is 24.2 Å². The van der Waals surface area contributed by atoms with Crippen molar-refractivity contribution in [1.82, 2.24) is 20.1 Å². The molecule has 3 heterocycles. The van der Waals surface area contributed by atoms with Crippen molar-refractivity contribution in [3.05, 3.63) is 71.9 Å². The smallest absolute Gasteiger partial charge is 0.387 e. The van der Waals surface area contributed by atoms with Crippen LogP contribution < -0.4 is 10.1 Å². The summed E-state index contributed by atoms with van der Waals surface area (Å²) >= 11 is 0. The Morgan fingerprint density at radius 2 is 2.11 bits per heavy atom. The van der Waals surface area contributed by atoms with Gasteiger partial charge >= 0.3 is 12.6 Å². The van der Waals surface area contributed by atoms with Crippen molar-refractivity contribution in [1.29, 1.82) is 0 Å². The first-order valence-corrected chi connectivity index (χ1v) is 11.6. The van der Waals surface area contributed by atoms with Crippen molar-refractivity contribution in [2.24, 2.45) is 0 Å². The van der Waals surface area contributed by atoms with Gasteiger partial charge in [-0.05, 0) is 48.4 Å². The number of nitrogens with one attached hydrogen (secondary N) is 2. The molecule has 2 aliphatic heterocycles. The number of aromatic nitrogens is 1. The lowest BCUT2D eigenvalue weighted by atomic mass is 9.81. The Labute approximate surface area is 206 Å². The van der Waals surface area contributed by atoms with E-state index in [2.05, 4.69) is 21.6 Å². The molecule has 10 heteroatoms. The predicted octanol–water partition coefficient (Wildman–Crippen LogP) is 3.92. The van der Waals surface area contributed by atoms with Crippen LogP contribution in [0.5, 0.6) is 11.5 Å². The minimum atomic E-state index is -2.97. The molecule has 0 saturated carbocycles. The van der Waals surface area contributed by atoms with E-state index in [9.17, 15) is 23.5 Å². The summed E-state index contributed by atoms with van der Waals surface area (Å²) in [6, 6.07) is 10.0. The first-order valence-electron chi connectivity index (χ1n) is 11.6. The molecule has 3 aromatic rings. The van der Waals surface area contributed by atoms with E-state index >= 15 is 0 Å². The minimum absolute atomic E-state index is 0.00420. The third-order valence-corrected chi connectivity index (χ3v) is 6.85. The Kier molecular flexibility index (Phi) is 5.91. The van der Waals surface area contributed by atoms with Crippen LogP contribution >= 0.6 is 0 Å². The lowest BCUT2D eigenvalue weighted by Gasteiger charge is -2.42. The lowest BCUT2D eigenvalue weighted by Crippen LogP contribution is -2.53. The fourth-order valence-corrected chi connectivity index (χ4v) is 5.30. The largest absolute Gasteiger partial charge is 0.508 e. The van der Waals surface area contributed by atoms with Gasteiger partial charge in [0.25, 0.3) is 5.91 Å². The van der Waals surface area contributed by atoms with Gasteiger partial charge < -0.3 is 20.1 Å². The number of imide groups is 1. The second-order valence-electron chi connectivity index (χ2n) is 9.15. The van der Waals surface area contributed by atoms with Gasteiger partial charge in [0.15, 0.2) is 0 Å². The molecule has 3 amide bonds. The van der Waals surface area contributed by atoms with Crippen LogP contribution in [0.25, 0.3) is 10.9 Å². The highest BCUT2D eigenvalue weighted by Crippen LogP contribution is 2.49. The quantitative estimate of drug-likeness (QED) is 0.250. The third-order valence-electron chi connectivity index (χ3n) is 6.85. The van der Waals surface area contributed by atoms with Crippen LogP contribution in [0, 0.1) is 0 Å². The fraction of sp³-hybridized carbons (Fsp3) is 0.308. The number of carbonyl (C=O) groups is 2. The maximum absolute atomic E-state index is 13.7. The normalized spacial score (nSPS) is 21.3. The van der Waals surface area contributed by atoms with Crippen molar-refractivity contribution < 1.29 is 28.2 Å². The zero-order valence-electron chi connectivity index (χ0n) is 19.6. The van der Waals surface area contributed by atoms with Gasteiger partial charge in [-0.25, -0.2) is 4.79 Å². The van der Waals surface area contributed by atoms with Gasteiger partial charge in [-0.3, -0.25) is 14.6 Å². The Bertz CT molecular complexity index is 1360. The SMILES string of the molecule is C=CCNCCN1C(=O)N2[C@H](c3cccc(O)c3)c3[nH]c4ccc(OC(F)F)cc4c3C[C@@]2(C)C1=O. The van der Waals surface area contributed by atoms with Crippen LogP contribution in [-0.2, 0) is 11.2 Å². The molecular weight excluding hydrogens is 470 g/mol. The maximum atomic E-state index is 13.7. The van der Waals surface area contributed by atoms with Crippen LogP contribution in [0.4, 0.5) is 13.6 Å². The highest BCUT2D eigenvalue weighted by molar-refractivity contribution is 6.08. The van der Waals surface area contributed by atoms with E-state index in [0.29, 0.717) is 35.2 Å². The summed E-state index contributed by atoms with van der Waals surface area (Å²) in [6.07, 6.45) is 1.89. The molecule has 3 N–H and O–H groups in total. The summed E-state index contributed by atoms with van der Waals surface area (Å²) in [4.78, 5) is 33.5. The molecule has 1 fully saturated rings. The summed E-state index contributed by atoms with van der Waals surface area (Å²) < 4.78 is 30.4. The number of carbonyl (C=O) groups excluding carboxylic acids is 2. The lowest BCUT2D eigenvalue weighted by molar-refractivity contribution is -0.133. The molecule has 1 saturated heterocycles. The van der Waals surface area contributed by atoms with Crippen LogP contribution in [0.3, 0.4) is 0 Å². The Balaban J connectivity index is 1.64. The Morgan fingerprint density at radius 3 is 2.83 bits per heavy atom. The molecule has 5 rings (SSSR count). The van der Waals surface area contributed by atoms with E-state index in [4.69, 9.17) is 0 Å². The van der Waals surface area contributed by atoms with Crippen molar-refractivity contribution >= 4 is 22.8 Å². The number of ether oxygens (including phenoxy) is 1. The van der Waals surface area contributed by atoms with Gasteiger partial charge in [-0.15, -0.1) is 6.58 Å². The third kappa shape index (κ3) is 3.78. The van der Waals surface area contributed by atoms with Gasteiger partial charge in [0.2, 0.25) is 0 Å². The number of H-pyrrole nitrogens is 1. The fourth-order valence-electron chi connectivity index (χ4n) is 5.30. The van der Waals surface area contributed by atoms with Gasteiger partial charge in [-0.2, -0.15) is 8.78 Å². The minimum Gasteiger partial charge on any atom is -0.508 e. The van der Waals surface area contributed by atoms with Gasteiger partial charge in [-0.1, -0.05) is 18.2 Å².